The van der Waals surface area contributed by atoms with E-state index in [1.165, 1.54) is 14.2 Å². The number of hydrogen-bond donors (Lipinski definition) is 0. The first-order valence-electron chi connectivity index (χ1n) is 21.2. The quantitative estimate of drug-likeness (QED) is 0.0232. The number of carbonyl (C=O) groups is 3. The van der Waals surface area contributed by atoms with Crippen molar-refractivity contribution < 1.29 is 57.3 Å². The monoisotopic (exact) mass is 886 g/mol. The van der Waals surface area contributed by atoms with Crippen molar-refractivity contribution >= 4 is 47.8 Å². The predicted molar refractivity (Wildman–Crippen MR) is 240 cm³/mol. The van der Waals surface area contributed by atoms with Crippen LogP contribution in [0, 0.1) is 5.92 Å². The van der Waals surface area contributed by atoms with Crippen LogP contribution in [-0.2, 0) is 64.4 Å². The van der Waals surface area contributed by atoms with E-state index >= 15 is 0 Å². The average molecular weight is 887 g/mol. The van der Waals surface area contributed by atoms with E-state index in [4.69, 9.17) is 43.2 Å². The second-order valence-corrected chi connectivity index (χ2v) is 15.4. The Morgan fingerprint density at radius 3 is 2.34 bits per heavy atom. The molecule has 16 nitrogen and oxygen atoms in total. The van der Waals surface area contributed by atoms with Crippen LogP contribution < -0.4 is 24.0 Å². The van der Waals surface area contributed by atoms with Crippen LogP contribution in [0.5, 0.6) is 17.2 Å². The number of anilines is 2. The average Bonchev–Trinajstić information content (AvgIpc) is 3.91. The van der Waals surface area contributed by atoms with E-state index in [0.717, 1.165) is 40.0 Å². The Balaban J connectivity index is 0.972. The summed E-state index contributed by atoms with van der Waals surface area (Å²) in [5.74, 6) is 0.862. The highest BCUT2D eigenvalue weighted by atomic mass is 17.2. The summed E-state index contributed by atoms with van der Waals surface area (Å²) in [6.07, 6.45) is 7.04. The largest absolute Gasteiger partial charge is 0.493 e. The standard InChI is InChI=1S/C49H50N4O12/c1-50-39-25-45(43(57-2)23-37(39)48(55)52-15-13-33-9-5-7-11-41(33)52)62-28-31-19-32(21-36(20-31)61-17-18-64-65-30-60-16-14-47(54)59-4)29-63-46-26-40-38(24-44(46)58-3)49(56)53-35(27-51-40)22-34-10-6-8-12-42(34)53/h5-12,19-21,23-27,35,38,40H,1,13-18,22,28-30H2,2-4H3/t35-,38?,40?/m0/s1. The van der Waals surface area contributed by atoms with Crippen LogP contribution in [0.4, 0.5) is 17.1 Å². The van der Waals surface area contributed by atoms with Gasteiger partial charge in [0, 0.05) is 36.6 Å². The van der Waals surface area contributed by atoms with Crippen molar-refractivity contribution in [2.45, 2.75) is 44.6 Å². The molecule has 0 saturated heterocycles. The summed E-state index contributed by atoms with van der Waals surface area (Å²) < 4.78 is 40.1. The van der Waals surface area contributed by atoms with Crippen molar-refractivity contribution in [3.63, 3.8) is 0 Å². The number of nitrogens with zero attached hydrogens (tertiary/aromatic N) is 4. The Bertz CT molecular complexity index is 2520. The third-order valence-electron chi connectivity index (χ3n) is 11.4. The number of carbonyl (C=O) groups excluding carboxylic acids is 3. The van der Waals surface area contributed by atoms with Gasteiger partial charge in [0.25, 0.3) is 5.91 Å². The molecule has 4 aromatic carbocycles. The van der Waals surface area contributed by atoms with E-state index in [9.17, 15) is 14.4 Å². The Kier molecular flexibility index (Phi) is 14.2. The number of benzene rings is 4. The van der Waals surface area contributed by atoms with Crippen LogP contribution in [0.25, 0.3) is 0 Å². The summed E-state index contributed by atoms with van der Waals surface area (Å²) in [5, 5.41) is 0. The maximum atomic E-state index is 14.0. The minimum Gasteiger partial charge on any atom is -0.493 e. The molecular formula is C49H50N4O12. The topological polar surface area (TPSA) is 165 Å². The van der Waals surface area contributed by atoms with Crippen molar-refractivity contribution in [1.82, 2.24) is 0 Å². The van der Waals surface area contributed by atoms with Gasteiger partial charge in [0.2, 0.25) is 5.91 Å². The molecule has 65 heavy (non-hydrogen) atoms. The van der Waals surface area contributed by atoms with Crippen LogP contribution >= 0.6 is 0 Å². The van der Waals surface area contributed by atoms with Gasteiger partial charge in [-0.25, -0.2) is 9.78 Å². The molecule has 4 aromatic rings. The molecule has 1 aliphatic carbocycles. The first kappa shape index (κ1) is 44.6. The normalized spacial score (nSPS) is 18.0. The molecule has 0 spiro atoms. The van der Waals surface area contributed by atoms with Crippen molar-refractivity contribution in [1.29, 1.82) is 0 Å². The predicted octanol–water partition coefficient (Wildman–Crippen LogP) is 6.64. The van der Waals surface area contributed by atoms with Crippen LogP contribution in [0.2, 0.25) is 0 Å². The van der Waals surface area contributed by atoms with Gasteiger partial charge in [0.1, 0.15) is 32.2 Å². The van der Waals surface area contributed by atoms with Gasteiger partial charge in [-0.2, -0.15) is 0 Å². The molecule has 0 aromatic heterocycles. The van der Waals surface area contributed by atoms with E-state index in [2.05, 4.69) is 16.4 Å². The fourth-order valence-electron chi connectivity index (χ4n) is 8.26. The number of fused-ring (bicyclic) bond motifs is 5. The van der Waals surface area contributed by atoms with Gasteiger partial charge < -0.3 is 43.0 Å². The Morgan fingerprint density at radius 2 is 1.57 bits per heavy atom. The highest BCUT2D eigenvalue weighted by Gasteiger charge is 2.42. The van der Waals surface area contributed by atoms with Gasteiger partial charge in [-0.1, -0.05) is 36.4 Å². The fourth-order valence-corrected chi connectivity index (χ4v) is 8.26. The van der Waals surface area contributed by atoms with E-state index in [-0.39, 0.29) is 70.1 Å². The number of esters is 1. The molecule has 8 rings (SSSR count). The lowest BCUT2D eigenvalue weighted by Gasteiger charge is -2.28. The first-order chi connectivity index (χ1) is 31.8. The van der Waals surface area contributed by atoms with Crippen molar-refractivity contribution in [3.05, 3.63) is 130 Å². The zero-order valence-electron chi connectivity index (χ0n) is 36.4. The van der Waals surface area contributed by atoms with E-state index in [1.807, 2.05) is 83.9 Å². The van der Waals surface area contributed by atoms with Crippen LogP contribution in [-0.4, -0.2) is 97.3 Å². The lowest BCUT2D eigenvalue weighted by atomic mass is 9.92. The Hall–Kier alpha value is -7.01. The smallest absolute Gasteiger partial charge is 0.307 e. The SMILES string of the molecule is C=Nc1cc(OCc2cc(COC3=CC4N=C[C@@H]5Cc6ccccc6N5C(=O)C4C=C3OC)cc(OCCOOCOCCC(=O)OC)c2)c(OC)cc1C(=O)N1CCc2ccccc21. The van der Waals surface area contributed by atoms with Crippen molar-refractivity contribution in [2.75, 3.05) is 64.3 Å². The number of methoxy groups -OCH3 is 3. The van der Waals surface area contributed by atoms with E-state index in [0.29, 0.717) is 53.0 Å². The van der Waals surface area contributed by atoms with Crippen LogP contribution in [0.3, 0.4) is 0 Å². The molecule has 3 heterocycles. The van der Waals surface area contributed by atoms with Gasteiger partial charge in [-0.15, -0.1) is 0 Å². The summed E-state index contributed by atoms with van der Waals surface area (Å²) in [6, 6.07) is 24.0. The molecule has 338 valence electrons. The lowest BCUT2D eigenvalue weighted by molar-refractivity contribution is -0.337. The molecule has 0 saturated carbocycles. The molecule has 3 atom stereocenters. The maximum absolute atomic E-state index is 14.0. The number of para-hydroxylation sites is 2. The number of aliphatic imine (C=N–C) groups is 2. The highest BCUT2D eigenvalue weighted by molar-refractivity contribution is 6.11. The Morgan fingerprint density at radius 1 is 0.800 bits per heavy atom. The van der Waals surface area contributed by atoms with Crippen LogP contribution in [0.15, 0.2) is 113 Å². The highest BCUT2D eigenvalue weighted by Crippen LogP contribution is 2.40. The van der Waals surface area contributed by atoms with Crippen LogP contribution in [0.1, 0.15) is 39.0 Å². The molecule has 0 fully saturated rings. The van der Waals surface area contributed by atoms with Crippen molar-refractivity contribution in [2.24, 2.45) is 15.9 Å². The second kappa shape index (κ2) is 20.7. The van der Waals surface area contributed by atoms with Gasteiger partial charge in [-0.05, 0) is 83.9 Å². The van der Waals surface area contributed by atoms with E-state index < -0.39 is 12.0 Å². The third kappa shape index (κ3) is 10.0. The van der Waals surface area contributed by atoms with Gasteiger partial charge in [0.15, 0.2) is 29.8 Å². The molecule has 2 unspecified atom stereocenters. The second-order valence-electron chi connectivity index (χ2n) is 15.4. The molecule has 0 radical (unpaired) electrons. The molecule has 16 heteroatoms. The van der Waals surface area contributed by atoms with Gasteiger partial charge >= 0.3 is 5.97 Å². The summed E-state index contributed by atoms with van der Waals surface area (Å²) >= 11 is 0. The third-order valence-corrected chi connectivity index (χ3v) is 11.4. The summed E-state index contributed by atoms with van der Waals surface area (Å²) in [5.41, 5.74) is 6.15. The number of amides is 2. The minimum absolute atomic E-state index is 0.0477. The molecule has 0 bridgehead atoms. The summed E-state index contributed by atoms with van der Waals surface area (Å²) in [7, 11) is 4.36. The molecule has 4 aliphatic rings. The molecular weight excluding hydrogens is 837 g/mol. The lowest BCUT2D eigenvalue weighted by Crippen LogP contribution is -2.42. The zero-order chi connectivity index (χ0) is 45.3. The number of hydrogen-bond acceptors (Lipinski definition) is 14. The molecule has 0 N–H and O–H groups in total. The zero-order valence-corrected chi connectivity index (χ0v) is 36.4. The number of ether oxygens (including phenoxy) is 7. The summed E-state index contributed by atoms with van der Waals surface area (Å²) in [6.45, 7) is 4.58. The Labute approximate surface area is 376 Å². The van der Waals surface area contributed by atoms with Crippen molar-refractivity contribution in [3.8, 4) is 17.2 Å². The first-order valence-corrected chi connectivity index (χ1v) is 21.2. The number of rotatable bonds is 20. The summed E-state index contributed by atoms with van der Waals surface area (Å²) in [4.78, 5) is 62.0. The molecule has 3 aliphatic heterocycles. The van der Waals surface area contributed by atoms with E-state index in [1.54, 1.807) is 30.2 Å². The molecule has 2 amide bonds. The van der Waals surface area contributed by atoms with Gasteiger partial charge in [0.05, 0.1) is 63.6 Å². The minimum atomic E-state index is -0.569. The maximum Gasteiger partial charge on any atom is 0.307 e. The van der Waals surface area contributed by atoms with Gasteiger partial charge in [-0.3, -0.25) is 24.4 Å². The fraction of sp³-hybridized carbons (Fsp3) is 0.327.